The van der Waals surface area contributed by atoms with Crippen LogP contribution in [0.5, 0.6) is 0 Å². The van der Waals surface area contributed by atoms with Gasteiger partial charge in [0.25, 0.3) is 0 Å². The largest absolute Gasteiger partial charge is 0.338 e. The molecule has 122 valence electrons. The predicted molar refractivity (Wildman–Crippen MR) is 86.1 cm³/mol. The van der Waals surface area contributed by atoms with Crippen LogP contribution >= 0.6 is 0 Å². The van der Waals surface area contributed by atoms with Crippen molar-refractivity contribution >= 4 is 23.1 Å². The molecule has 24 heavy (non-hydrogen) atoms. The third kappa shape index (κ3) is 3.62. The zero-order valence-electron chi connectivity index (χ0n) is 12.6. The monoisotopic (exact) mass is 330 g/mol. The maximum absolute atomic E-state index is 13.7. The van der Waals surface area contributed by atoms with Gasteiger partial charge in [0.15, 0.2) is 11.6 Å². The summed E-state index contributed by atoms with van der Waals surface area (Å²) in [5.74, 6) is -1.77. The molecular weight excluding hydrogens is 317 g/mol. The number of nitrogens with zero attached hydrogens (tertiary/aromatic N) is 2. The van der Waals surface area contributed by atoms with E-state index < -0.39 is 17.5 Å². The first-order valence-electron chi connectivity index (χ1n) is 7.10. The van der Waals surface area contributed by atoms with Crippen LogP contribution in [-0.4, -0.2) is 9.97 Å². The van der Waals surface area contributed by atoms with Crippen LogP contribution in [0.2, 0.25) is 0 Å². The number of nitrogens with one attached hydrogen (secondary N) is 2. The van der Waals surface area contributed by atoms with Crippen LogP contribution in [0, 0.1) is 24.4 Å². The van der Waals surface area contributed by atoms with Crippen LogP contribution in [-0.2, 0) is 0 Å². The van der Waals surface area contributed by atoms with E-state index in [1.807, 2.05) is 0 Å². The first kappa shape index (κ1) is 15.8. The minimum Gasteiger partial charge on any atom is -0.338 e. The summed E-state index contributed by atoms with van der Waals surface area (Å²) in [6.07, 6.45) is 0. The third-order valence-corrected chi connectivity index (χ3v) is 3.17. The molecule has 4 nitrogen and oxygen atoms in total. The molecule has 0 amide bonds. The molecule has 0 saturated heterocycles. The van der Waals surface area contributed by atoms with Crippen molar-refractivity contribution in [2.75, 3.05) is 10.6 Å². The number of halogens is 3. The number of aromatic nitrogens is 2. The molecule has 7 heteroatoms. The van der Waals surface area contributed by atoms with Gasteiger partial charge in [0.05, 0.1) is 5.69 Å². The van der Waals surface area contributed by atoms with Crippen molar-refractivity contribution in [3.63, 3.8) is 0 Å². The van der Waals surface area contributed by atoms with Gasteiger partial charge in [0.2, 0.25) is 5.95 Å². The third-order valence-electron chi connectivity index (χ3n) is 3.17. The Labute approximate surface area is 136 Å². The summed E-state index contributed by atoms with van der Waals surface area (Å²) >= 11 is 0. The lowest BCUT2D eigenvalue weighted by atomic mass is 10.3. The lowest BCUT2D eigenvalue weighted by Crippen LogP contribution is -2.03. The number of hydrogen-bond acceptors (Lipinski definition) is 4. The van der Waals surface area contributed by atoms with Crippen molar-refractivity contribution in [2.24, 2.45) is 0 Å². The zero-order valence-corrected chi connectivity index (χ0v) is 12.6. The minimum absolute atomic E-state index is 0.180. The van der Waals surface area contributed by atoms with E-state index in [2.05, 4.69) is 20.6 Å². The van der Waals surface area contributed by atoms with Crippen molar-refractivity contribution in [3.05, 3.63) is 71.7 Å². The fourth-order valence-electron chi connectivity index (χ4n) is 2.09. The Bertz CT molecular complexity index is 883. The van der Waals surface area contributed by atoms with E-state index in [0.29, 0.717) is 17.2 Å². The molecule has 0 aliphatic carbocycles. The average molecular weight is 330 g/mol. The predicted octanol–water partition coefficient (Wildman–Crippen LogP) is 4.69. The quantitative estimate of drug-likeness (QED) is 0.729. The maximum Gasteiger partial charge on any atom is 0.229 e. The van der Waals surface area contributed by atoms with E-state index in [9.17, 15) is 13.2 Å². The van der Waals surface area contributed by atoms with E-state index in [1.54, 1.807) is 31.2 Å². The van der Waals surface area contributed by atoms with E-state index in [1.165, 1.54) is 12.1 Å². The second-order valence-electron chi connectivity index (χ2n) is 5.08. The highest BCUT2D eigenvalue weighted by Gasteiger charge is 2.08. The SMILES string of the molecule is Cc1cc(Nc2ccccc2F)nc(Nc2ccc(F)c(F)c2)n1. The first-order chi connectivity index (χ1) is 11.5. The molecule has 3 rings (SSSR count). The van der Waals surface area contributed by atoms with Crippen molar-refractivity contribution in [3.8, 4) is 0 Å². The van der Waals surface area contributed by atoms with Crippen LogP contribution in [0.25, 0.3) is 0 Å². The Morgan fingerprint density at radius 3 is 2.33 bits per heavy atom. The molecule has 2 N–H and O–H groups in total. The summed E-state index contributed by atoms with van der Waals surface area (Å²) in [7, 11) is 0. The molecule has 0 aliphatic rings. The second kappa shape index (κ2) is 6.57. The highest BCUT2D eigenvalue weighted by Crippen LogP contribution is 2.21. The molecule has 3 aromatic rings. The number of para-hydroxylation sites is 1. The number of rotatable bonds is 4. The normalized spacial score (nSPS) is 10.5. The lowest BCUT2D eigenvalue weighted by molar-refractivity contribution is 0.509. The standard InChI is InChI=1S/C17H13F3N4/c1-10-8-16(23-15-5-3-2-4-13(15)19)24-17(21-10)22-11-6-7-12(18)14(20)9-11/h2-9H,1H3,(H2,21,22,23,24). The number of hydrogen-bond donors (Lipinski definition) is 2. The zero-order chi connectivity index (χ0) is 17.1. The molecule has 0 radical (unpaired) electrons. The minimum atomic E-state index is -0.975. The molecule has 2 aromatic carbocycles. The highest BCUT2D eigenvalue weighted by atomic mass is 19.2. The van der Waals surface area contributed by atoms with E-state index in [4.69, 9.17) is 0 Å². The Morgan fingerprint density at radius 1 is 0.792 bits per heavy atom. The average Bonchev–Trinajstić information content (AvgIpc) is 2.53. The molecule has 0 spiro atoms. The molecule has 0 atom stereocenters. The van der Waals surface area contributed by atoms with Crippen molar-refractivity contribution in [1.29, 1.82) is 0 Å². The van der Waals surface area contributed by atoms with Gasteiger partial charge >= 0.3 is 0 Å². The fourth-order valence-corrected chi connectivity index (χ4v) is 2.09. The van der Waals surface area contributed by atoms with Gasteiger partial charge in [0.1, 0.15) is 11.6 Å². The van der Waals surface area contributed by atoms with Gasteiger partial charge in [-0.2, -0.15) is 4.98 Å². The van der Waals surface area contributed by atoms with Gasteiger partial charge in [-0.3, -0.25) is 0 Å². The van der Waals surface area contributed by atoms with Gasteiger partial charge in [-0.15, -0.1) is 0 Å². The van der Waals surface area contributed by atoms with E-state index in [0.717, 1.165) is 12.1 Å². The molecule has 0 aliphatic heterocycles. The number of anilines is 4. The van der Waals surface area contributed by atoms with Crippen molar-refractivity contribution in [1.82, 2.24) is 9.97 Å². The Balaban J connectivity index is 1.86. The first-order valence-corrected chi connectivity index (χ1v) is 7.10. The molecule has 0 bridgehead atoms. The van der Waals surface area contributed by atoms with Crippen LogP contribution in [0.4, 0.5) is 36.3 Å². The van der Waals surface area contributed by atoms with Crippen molar-refractivity contribution in [2.45, 2.75) is 6.92 Å². The van der Waals surface area contributed by atoms with Gasteiger partial charge < -0.3 is 10.6 Å². The number of benzene rings is 2. The maximum atomic E-state index is 13.7. The fraction of sp³-hybridized carbons (Fsp3) is 0.0588. The molecule has 0 saturated carbocycles. The van der Waals surface area contributed by atoms with Gasteiger partial charge in [0, 0.05) is 23.5 Å². The summed E-state index contributed by atoms with van der Waals surface area (Å²) in [5.41, 5.74) is 1.19. The smallest absolute Gasteiger partial charge is 0.229 e. The lowest BCUT2D eigenvalue weighted by Gasteiger charge is -2.10. The van der Waals surface area contributed by atoms with Crippen LogP contribution < -0.4 is 10.6 Å². The van der Waals surface area contributed by atoms with Gasteiger partial charge in [-0.05, 0) is 31.2 Å². The molecule has 1 heterocycles. The Kier molecular flexibility index (Phi) is 4.33. The van der Waals surface area contributed by atoms with Crippen LogP contribution in [0.3, 0.4) is 0 Å². The van der Waals surface area contributed by atoms with E-state index in [-0.39, 0.29) is 11.6 Å². The Morgan fingerprint density at radius 2 is 1.58 bits per heavy atom. The summed E-state index contributed by atoms with van der Waals surface area (Å²) in [6.45, 7) is 1.74. The van der Waals surface area contributed by atoms with Gasteiger partial charge in [-0.25, -0.2) is 18.2 Å². The summed E-state index contributed by atoms with van der Waals surface area (Å²) in [5, 5.41) is 5.65. The molecule has 1 aromatic heterocycles. The van der Waals surface area contributed by atoms with Gasteiger partial charge in [-0.1, -0.05) is 12.1 Å². The molecular formula is C17H13F3N4. The van der Waals surface area contributed by atoms with Crippen molar-refractivity contribution < 1.29 is 13.2 Å². The molecule has 0 fully saturated rings. The topological polar surface area (TPSA) is 49.8 Å². The van der Waals surface area contributed by atoms with E-state index >= 15 is 0 Å². The summed E-state index contributed by atoms with van der Waals surface area (Å²) in [4.78, 5) is 8.37. The molecule has 0 unspecified atom stereocenters. The highest BCUT2D eigenvalue weighted by molar-refractivity contribution is 5.60. The summed E-state index contributed by atoms with van der Waals surface area (Å²) < 4.78 is 39.9. The summed E-state index contributed by atoms with van der Waals surface area (Å²) in [6, 6.07) is 11.2. The second-order valence-corrected chi connectivity index (χ2v) is 5.08. The Hall–Kier alpha value is -3.09. The van der Waals surface area contributed by atoms with Crippen LogP contribution in [0.1, 0.15) is 5.69 Å². The van der Waals surface area contributed by atoms with Crippen LogP contribution in [0.15, 0.2) is 48.5 Å². The number of aryl methyl sites for hydroxylation is 1.